The average molecular weight is 382 g/mol. The van der Waals surface area contributed by atoms with Gasteiger partial charge in [-0.2, -0.15) is 5.26 Å². The molecular formula is C18H26N2O7. The fraction of sp³-hybridized carbons (Fsp3) is 0.722. The molecule has 1 rings (SSSR count). The zero-order chi connectivity index (χ0) is 20.8. The van der Waals surface area contributed by atoms with Gasteiger partial charge in [0.05, 0.1) is 19.3 Å². The van der Waals surface area contributed by atoms with Gasteiger partial charge in [-0.05, 0) is 41.0 Å². The maximum absolute atomic E-state index is 13.1. The van der Waals surface area contributed by atoms with Crippen LogP contribution in [0.2, 0.25) is 0 Å². The molecule has 0 radical (unpaired) electrons. The molecule has 2 atom stereocenters. The van der Waals surface area contributed by atoms with Crippen molar-refractivity contribution in [2.24, 2.45) is 5.41 Å². The molecule has 0 aromatic carbocycles. The van der Waals surface area contributed by atoms with Crippen LogP contribution in [0.3, 0.4) is 0 Å². The molecule has 0 aliphatic carbocycles. The van der Waals surface area contributed by atoms with E-state index in [0.717, 1.165) is 0 Å². The Kier molecular flexibility index (Phi) is 7.34. The third kappa shape index (κ3) is 4.96. The largest absolute Gasteiger partial charge is 0.465 e. The average Bonchev–Trinajstić information content (AvgIpc) is 2.86. The summed E-state index contributed by atoms with van der Waals surface area (Å²) in [7, 11) is 0. The third-order valence-electron chi connectivity index (χ3n) is 3.96. The highest BCUT2D eigenvalue weighted by Crippen LogP contribution is 2.42. The predicted octanol–water partition coefficient (Wildman–Crippen LogP) is 1.94. The lowest BCUT2D eigenvalue weighted by molar-refractivity contribution is -0.161. The van der Waals surface area contributed by atoms with Gasteiger partial charge in [-0.1, -0.05) is 0 Å². The van der Waals surface area contributed by atoms with Crippen molar-refractivity contribution in [2.75, 3.05) is 13.2 Å². The molecular weight excluding hydrogens is 356 g/mol. The number of nitrogens with zero attached hydrogens (tertiary/aromatic N) is 2. The molecule has 1 fully saturated rings. The fourth-order valence-electron chi connectivity index (χ4n) is 2.85. The summed E-state index contributed by atoms with van der Waals surface area (Å²) < 4.78 is 15.2. The second-order valence-corrected chi connectivity index (χ2v) is 7.09. The summed E-state index contributed by atoms with van der Waals surface area (Å²) in [4.78, 5) is 51.3. The highest BCUT2D eigenvalue weighted by Gasteiger charge is 2.62. The topological polar surface area (TPSA) is 123 Å². The monoisotopic (exact) mass is 382 g/mol. The van der Waals surface area contributed by atoms with Crippen LogP contribution in [0.5, 0.6) is 0 Å². The maximum atomic E-state index is 13.1. The lowest BCUT2D eigenvalue weighted by atomic mass is 9.80. The standard InChI is InChI=1S/C18H26N2O7/c1-6-25-13(21)12-11-18(9-8-10-19,15(23)26-7-2)14(22)20(12)16(24)27-17(3,4)5/h12H,6-9,11H2,1-5H3/t12-,18-/m0/s1. The number of esters is 2. The van der Waals surface area contributed by atoms with Crippen molar-refractivity contribution in [1.82, 2.24) is 4.90 Å². The molecule has 0 N–H and O–H groups in total. The van der Waals surface area contributed by atoms with Crippen LogP contribution in [0.1, 0.15) is 53.9 Å². The van der Waals surface area contributed by atoms with Gasteiger partial charge in [0.25, 0.3) is 0 Å². The number of amides is 2. The lowest BCUT2D eigenvalue weighted by Crippen LogP contribution is -2.48. The number of ether oxygens (including phenoxy) is 3. The van der Waals surface area contributed by atoms with Gasteiger partial charge in [0.15, 0.2) is 5.41 Å². The van der Waals surface area contributed by atoms with Crippen LogP contribution >= 0.6 is 0 Å². The lowest BCUT2D eigenvalue weighted by Gasteiger charge is -2.27. The van der Waals surface area contributed by atoms with Crippen molar-refractivity contribution in [3.63, 3.8) is 0 Å². The fourth-order valence-corrected chi connectivity index (χ4v) is 2.85. The predicted molar refractivity (Wildman–Crippen MR) is 92.0 cm³/mol. The van der Waals surface area contributed by atoms with Gasteiger partial charge < -0.3 is 14.2 Å². The van der Waals surface area contributed by atoms with E-state index in [1.807, 2.05) is 6.07 Å². The van der Waals surface area contributed by atoms with Gasteiger partial charge in [-0.15, -0.1) is 0 Å². The minimum atomic E-state index is -1.81. The molecule has 0 unspecified atom stereocenters. The Morgan fingerprint density at radius 2 is 1.81 bits per heavy atom. The van der Waals surface area contributed by atoms with Crippen LogP contribution in [0.4, 0.5) is 4.79 Å². The molecule has 1 saturated heterocycles. The summed E-state index contributed by atoms with van der Waals surface area (Å²) in [6, 6.07) is 0.554. The Morgan fingerprint density at radius 1 is 1.22 bits per heavy atom. The zero-order valence-electron chi connectivity index (χ0n) is 16.4. The number of carbonyl (C=O) groups excluding carboxylic acids is 4. The number of rotatable bonds is 6. The Labute approximate surface area is 158 Å². The van der Waals surface area contributed by atoms with Crippen molar-refractivity contribution >= 4 is 23.9 Å². The number of carbonyl (C=O) groups is 4. The van der Waals surface area contributed by atoms with E-state index in [1.54, 1.807) is 34.6 Å². The van der Waals surface area contributed by atoms with Gasteiger partial charge in [0.2, 0.25) is 5.91 Å². The molecule has 9 nitrogen and oxygen atoms in total. The first-order valence-electron chi connectivity index (χ1n) is 8.81. The van der Waals surface area contributed by atoms with Gasteiger partial charge in [-0.25, -0.2) is 14.5 Å². The van der Waals surface area contributed by atoms with E-state index in [4.69, 9.17) is 19.5 Å². The summed E-state index contributed by atoms with van der Waals surface area (Å²) in [5.74, 6) is -2.60. The minimum absolute atomic E-state index is 0.0108. The van der Waals surface area contributed by atoms with Crippen LogP contribution in [-0.4, -0.2) is 53.7 Å². The zero-order valence-corrected chi connectivity index (χ0v) is 16.4. The molecule has 150 valence electrons. The summed E-state index contributed by atoms with van der Waals surface area (Å²) in [6.45, 7) is 8.04. The molecule has 27 heavy (non-hydrogen) atoms. The molecule has 0 bridgehead atoms. The summed E-state index contributed by atoms with van der Waals surface area (Å²) in [5, 5.41) is 8.92. The SMILES string of the molecule is CCOC(=O)[C@@H]1C[C@](CCC#N)(C(=O)OCC)C(=O)N1C(=O)OC(C)(C)C. The Morgan fingerprint density at radius 3 is 2.30 bits per heavy atom. The van der Waals surface area contributed by atoms with Crippen LogP contribution in [0.15, 0.2) is 0 Å². The van der Waals surface area contributed by atoms with Crippen molar-refractivity contribution < 1.29 is 33.4 Å². The van der Waals surface area contributed by atoms with Crippen LogP contribution in [-0.2, 0) is 28.6 Å². The molecule has 0 aromatic rings. The molecule has 0 aromatic heterocycles. The quantitative estimate of drug-likeness (QED) is 0.388. The molecule has 1 aliphatic rings. The summed E-state index contributed by atoms with van der Waals surface area (Å²) in [6.07, 6.45) is -1.66. The van der Waals surface area contributed by atoms with Crippen molar-refractivity contribution in [2.45, 2.75) is 65.5 Å². The molecule has 0 spiro atoms. The van der Waals surface area contributed by atoms with E-state index in [9.17, 15) is 19.2 Å². The van der Waals surface area contributed by atoms with Gasteiger partial charge >= 0.3 is 18.0 Å². The number of likely N-dealkylation sites (tertiary alicyclic amines) is 1. The van der Waals surface area contributed by atoms with E-state index >= 15 is 0 Å². The van der Waals surface area contributed by atoms with Gasteiger partial charge in [0, 0.05) is 12.8 Å². The summed E-state index contributed by atoms with van der Waals surface area (Å²) in [5.41, 5.74) is -2.72. The second-order valence-electron chi connectivity index (χ2n) is 7.09. The number of hydrogen-bond donors (Lipinski definition) is 0. The number of hydrogen-bond acceptors (Lipinski definition) is 8. The highest BCUT2D eigenvalue weighted by molar-refractivity contribution is 6.12. The molecule has 1 aliphatic heterocycles. The molecule has 0 saturated carbocycles. The van der Waals surface area contributed by atoms with E-state index in [0.29, 0.717) is 4.90 Å². The summed E-state index contributed by atoms with van der Waals surface area (Å²) >= 11 is 0. The first-order valence-corrected chi connectivity index (χ1v) is 8.81. The maximum Gasteiger partial charge on any atom is 0.417 e. The highest BCUT2D eigenvalue weighted by atomic mass is 16.6. The first-order chi connectivity index (χ1) is 12.5. The van der Waals surface area contributed by atoms with E-state index in [-0.39, 0.29) is 32.5 Å². The van der Waals surface area contributed by atoms with Crippen LogP contribution in [0, 0.1) is 16.7 Å². The van der Waals surface area contributed by atoms with Gasteiger partial charge in [-0.3, -0.25) is 9.59 Å². The van der Waals surface area contributed by atoms with Crippen LogP contribution < -0.4 is 0 Å². The number of nitriles is 1. The Balaban J connectivity index is 3.37. The smallest absolute Gasteiger partial charge is 0.417 e. The van der Waals surface area contributed by atoms with Crippen molar-refractivity contribution in [3.8, 4) is 6.07 Å². The Bertz CT molecular complexity index is 647. The first kappa shape index (κ1) is 22.4. The van der Waals surface area contributed by atoms with E-state index < -0.39 is 41.0 Å². The van der Waals surface area contributed by atoms with Gasteiger partial charge in [0.1, 0.15) is 11.6 Å². The van der Waals surface area contributed by atoms with E-state index in [1.165, 1.54) is 0 Å². The van der Waals surface area contributed by atoms with E-state index in [2.05, 4.69) is 0 Å². The molecule has 1 heterocycles. The minimum Gasteiger partial charge on any atom is -0.465 e. The third-order valence-corrected chi connectivity index (χ3v) is 3.96. The molecule has 2 amide bonds. The van der Waals surface area contributed by atoms with Crippen molar-refractivity contribution in [1.29, 1.82) is 5.26 Å². The molecule has 9 heteroatoms. The normalized spacial score (nSPS) is 22.1. The Hall–Kier alpha value is -2.63. The second kappa shape index (κ2) is 8.84. The van der Waals surface area contributed by atoms with Crippen LogP contribution in [0.25, 0.3) is 0 Å². The van der Waals surface area contributed by atoms with Crippen molar-refractivity contribution in [3.05, 3.63) is 0 Å². The number of imide groups is 1.